The van der Waals surface area contributed by atoms with Gasteiger partial charge in [-0.2, -0.15) is 0 Å². The van der Waals surface area contributed by atoms with Gasteiger partial charge in [0.25, 0.3) is 0 Å². The summed E-state index contributed by atoms with van der Waals surface area (Å²) in [4.78, 5) is 0. The zero-order chi connectivity index (χ0) is 33.0. The van der Waals surface area contributed by atoms with E-state index in [-0.39, 0.29) is 0 Å². The lowest BCUT2D eigenvalue weighted by Crippen LogP contribution is -2.37. The van der Waals surface area contributed by atoms with Crippen molar-refractivity contribution in [1.29, 1.82) is 0 Å². The third kappa shape index (κ3) is 9.23. The second-order valence-electron chi connectivity index (χ2n) is 18.9. The Balaban J connectivity index is 0.000000154. The topological polar surface area (TPSA) is 0 Å². The van der Waals surface area contributed by atoms with Gasteiger partial charge in [-0.3, -0.25) is 0 Å². The molecule has 0 N–H and O–H groups in total. The van der Waals surface area contributed by atoms with Crippen LogP contribution in [0.4, 0.5) is 0 Å². The highest BCUT2D eigenvalue weighted by atomic mass is 14.5. The molecular formula is C45H78. The van der Waals surface area contributed by atoms with E-state index in [1.165, 1.54) is 70.6 Å². The average molecular weight is 619 g/mol. The number of fused-ring (bicyclic) bond motifs is 3. The van der Waals surface area contributed by atoms with Crippen LogP contribution in [0.2, 0.25) is 0 Å². The van der Waals surface area contributed by atoms with Gasteiger partial charge >= 0.3 is 0 Å². The molecule has 0 bridgehead atoms. The summed E-state index contributed by atoms with van der Waals surface area (Å²) in [5.41, 5.74) is 3.47. The third-order valence-electron chi connectivity index (χ3n) is 14.5. The Morgan fingerprint density at radius 1 is 0.578 bits per heavy atom. The summed E-state index contributed by atoms with van der Waals surface area (Å²) in [5.74, 6) is 14.9. The highest BCUT2D eigenvalue weighted by Gasteiger charge is 2.41. The number of hydrogen-bond donors (Lipinski definition) is 0. The predicted molar refractivity (Wildman–Crippen MR) is 200 cm³/mol. The van der Waals surface area contributed by atoms with Crippen molar-refractivity contribution < 1.29 is 0 Å². The maximum atomic E-state index is 2.58. The summed E-state index contributed by atoms with van der Waals surface area (Å²) >= 11 is 0. The van der Waals surface area contributed by atoms with E-state index < -0.39 is 0 Å². The van der Waals surface area contributed by atoms with Crippen LogP contribution < -0.4 is 0 Å². The van der Waals surface area contributed by atoms with E-state index in [1.54, 1.807) is 5.57 Å². The quantitative estimate of drug-likeness (QED) is 0.276. The van der Waals surface area contributed by atoms with Crippen LogP contribution in [0, 0.1) is 94.7 Å². The lowest BCUT2D eigenvalue weighted by Gasteiger charge is -2.46. The molecule has 13 atom stereocenters. The molecule has 258 valence electrons. The Morgan fingerprint density at radius 3 is 1.82 bits per heavy atom. The highest BCUT2D eigenvalue weighted by Crippen LogP contribution is 2.50. The van der Waals surface area contributed by atoms with E-state index in [2.05, 4.69) is 107 Å². The fourth-order valence-electron chi connectivity index (χ4n) is 11.6. The first-order valence-electron chi connectivity index (χ1n) is 20.3. The van der Waals surface area contributed by atoms with Crippen LogP contribution in [-0.4, -0.2) is 0 Å². The molecule has 0 heterocycles. The molecule has 3 saturated carbocycles. The molecule has 6 rings (SSSR count). The van der Waals surface area contributed by atoms with Gasteiger partial charge in [-0.05, 0) is 166 Å². The highest BCUT2D eigenvalue weighted by molar-refractivity contribution is 5.18. The van der Waals surface area contributed by atoms with Crippen molar-refractivity contribution in [2.75, 3.05) is 0 Å². The van der Waals surface area contributed by atoms with Crippen LogP contribution in [0.15, 0.2) is 35.5 Å². The molecule has 0 nitrogen and oxygen atoms in total. The molecular weight excluding hydrogens is 540 g/mol. The van der Waals surface area contributed by atoms with Gasteiger partial charge in [0, 0.05) is 0 Å². The molecule has 6 aliphatic carbocycles. The van der Waals surface area contributed by atoms with Crippen LogP contribution in [0.25, 0.3) is 0 Å². The molecule has 0 radical (unpaired) electrons. The number of allylic oxidation sites excluding steroid dienone is 6. The molecule has 0 aromatic carbocycles. The first-order valence-corrected chi connectivity index (χ1v) is 20.3. The first kappa shape index (κ1) is 37.0. The lowest BCUT2D eigenvalue weighted by molar-refractivity contribution is 0.0647. The van der Waals surface area contributed by atoms with Crippen LogP contribution >= 0.6 is 0 Å². The van der Waals surface area contributed by atoms with Crippen molar-refractivity contribution in [3.8, 4) is 0 Å². The second kappa shape index (κ2) is 16.6. The Bertz CT molecular complexity index is 978. The van der Waals surface area contributed by atoms with Gasteiger partial charge in [-0.25, -0.2) is 0 Å². The summed E-state index contributed by atoms with van der Waals surface area (Å²) in [6.45, 7) is 29.0. The predicted octanol–water partition coefficient (Wildman–Crippen LogP) is 13.8. The van der Waals surface area contributed by atoms with Crippen LogP contribution in [0.3, 0.4) is 0 Å². The Hall–Kier alpha value is -0.780. The van der Waals surface area contributed by atoms with Crippen molar-refractivity contribution in [1.82, 2.24) is 0 Å². The monoisotopic (exact) mass is 619 g/mol. The Kier molecular flexibility index (Phi) is 13.6. The van der Waals surface area contributed by atoms with Crippen LogP contribution in [0.1, 0.15) is 154 Å². The molecule has 0 aromatic rings. The molecule has 0 heteroatoms. The minimum atomic E-state index is 0.817. The van der Waals surface area contributed by atoms with Gasteiger partial charge < -0.3 is 0 Å². The molecule has 3 fully saturated rings. The Labute approximate surface area is 283 Å². The Morgan fingerprint density at radius 2 is 1.18 bits per heavy atom. The summed E-state index contributed by atoms with van der Waals surface area (Å²) in [6.07, 6.45) is 25.8. The van der Waals surface area contributed by atoms with Gasteiger partial charge in [0.2, 0.25) is 0 Å². The third-order valence-corrected chi connectivity index (χ3v) is 14.5. The van der Waals surface area contributed by atoms with Crippen molar-refractivity contribution in [3.63, 3.8) is 0 Å². The SMILES string of the molecule is CC(C)[C@@H]1CC[C@H](C)C2=CC[C@H](C)C[C@H]21.CC(C)[C@@H]1CC[C@H](C)[C@@H]2C=C[C@H](C)C[C@H]21.CC1=CC[C@@H]2[C@@H](C1)[C@H](C(C)C)CC[C@@H]2C. The molecule has 45 heavy (non-hydrogen) atoms. The summed E-state index contributed by atoms with van der Waals surface area (Å²) in [7, 11) is 0. The van der Waals surface area contributed by atoms with Gasteiger partial charge in [0.1, 0.15) is 0 Å². The summed E-state index contributed by atoms with van der Waals surface area (Å²) in [5, 5.41) is 0. The van der Waals surface area contributed by atoms with Gasteiger partial charge in [0.15, 0.2) is 0 Å². The fourth-order valence-corrected chi connectivity index (χ4v) is 11.6. The van der Waals surface area contributed by atoms with E-state index in [0.29, 0.717) is 0 Å². The van der Waals surface area contributed by atoms with Crippen molar-refractivity contribution in [2.45, 2.75) is 154 Å². The normalized spacial score (nSPS) is 42.7. The van der Waals surface area contributed by atoms with Crippen molar-refractivity contribution >= 4 is 0 Å². The molecule has 6 aliphatic rings. The zero-order valence-corrected chi connectivity index (χ0v) is 32.3. The fraction of sp³-hybridized carbons (Fsp3) is 0.867. The molecule has 0 amide bonds. The number of rotatable bonds is 3. The summed E-state index contributed by atoms with van der Waals surface area (Å²) < 4.78 is 0. The smallest absolute Gasteiger partial charge is 0.0167 e. The van der Waals surface area contributed by atoms with Crippen molar-refractivity contribution in [2.24, 2.45) is 94.7 Å². The first-order chi connectivity index (χ1) is 21.3. The molecule has 0 saturated heterocycles. The zero-order valence-electron chi connectivity index (χ0n) is 32.3. The molecule has 0 aliphatic heterocycles. The lowest BCUT2D eigenvalue weighted by atomic mass is 9.59. The minimum absolute atomic E-state index is 0.817. The number of hydrogen-bond acceptors (Lipinski definition) is 0. The van der Waals surface area contributed by atoms with Gasteiger partial charge in [-0.15, -0.1) is 0 Å². The van der Waals surface area contributed by atoms with E-state index in [9.17, 15) is 0 Å². The maximum absolute atomic E-state index is 2.58. The van der Waals surface area contributed by atoms with Gasteiger partial charge in [0.05, 0.1) is 0 Å². The minimum Gasteiger partial charge on any atom is -0.0854 e. The molecule has 0 unspecified atom stereocenters. The van der Waals surface area contributed by atoms with E-state index in [4.69, 9.17) is 0 Å². The second-order valence-corrected chi connectivity index (χ2v) is 18.9. The van der Waals surface area contributed by atoms with Gasteiger partial charge in [-0.1, -0.05) is 118 Å². The largest absolute Gasteiger partial charge is 0.0854 e. The standard InChI is InChI=1S/3C15H26/c3*1-10(2)13-8-6-12(4)14-7-5-11(3)9-15(13)14/h7,10-13,15H,5-6,8-9H2,1-4H3;5,10,12-15H,6-9H2,1-4H3;5,7,10-15H,6,8-9H2,1-4H3/t11-,12-,13-,15-;12-,13-,14-,15-;11-,12-,13-,14-,15-/m000/s1. The van der Waals surface area contributed by atoms with E-state index >= 15 is 0 Å². The van der Waals surface area contributed by atoms with E-state index in [1.807, 2.05) is 5.57 Å². The van der Waals surface area contributed by atoms with E-state index in [0.717, 1.165) is 94.7 Å². The van der Waals surface area contributed by atoms with Crippen LogP contribution in [0.5, 0.6) is 0 Å². The van der Waals surface area contributed by atoms with Crippen molar-refractivity contribution in [3.05, 3.63) is 35.5 Å². The maximum Gasteiger partial charge on any atom is -0.0167 e. The average Bonchev–Trinajstić information content (AvgIpc) is 2.97. The van der Waals surface area contributed by atoms with Crippen LogP contribution in [-0.2, 0) is 0 Å². The summed E-state index contributed by atoms with van der Waals surface area (Å²) in [6, 6.07) is 0. The molecule has 0 spiro atoms. The molecule has 0 aromatic heterocycles.